The highest BCUT2D eigenvalue weighted by Crippen LogP contribution is 2.28. The van der Waals surface area contributed by atoms with E-state index in [2.05, 4.69) is 15.4 Å². The normalized spacial score (nSPS) is 11.0. The fourth-order valence-electron chi connectivity index (χ4n) is 2.29. The lowest BCUT2D eigenvalue weighted by molar-refractivity contribution is -0.114. The number of anilines is 1. The number of fused-ring (bicyclic) bond motifs is 1. The largest absolute Gasteiger partial charge is 0.390 e. The minimum atomic E-state index is -0.145. The van der Waals surface area contributed by atoms with Crippen molar-refractivity contribution in [2.24, 2.45) is 0 Å². The molecule has 0 radical (unpaired) electrons. The molecule has 2 N–H and O–H groups in total. The summed E-state index contributed by atoms with van der Waals surface area (Å²) < 4.78 is 1.70. The molecule has 3 aromatic rings. The van der Waals surface area contributed by atoms with Gasteiger partial charge in [-0.05, 0) is 18.6 Å². The number of imidazole rings is 1. The first kappa shape index (κ1) is 14.7. The number of aliphatic hydroxyl groups is 1. The molecule has 2 heterocycles. The molecule has 0 saturated heterocycles. The molecule has 1 aromatic carbocycles. The summed E-state index contributed by atoms with van der Waals surface area (Å²) in [6.45, 7) is 3.36. The summed E-state index contributed by atoms with van der Waals surface area (Å²) in [7, 11) is 0. The van der Waals surface area contributed by atoms with Crippen molar-refractivity contribution < 1.29 is 9.90 Å². The van der Waals surface area contributed by atoms with Gasteiger partial charge in [-0.1, -0.05) is 30.4 Å². The predicted octanol–water partition coefficient (Wildman–Crippen LogP) is 2.47. The van der Waals surface area contributed by atoms with Gasteiger partial charge in [0.05, 0.1) is 18.0 Å². The van der Waals surface area contributed by atoms with E-state index in [9.17, 15) is 9.90 Å². The molecule has 0 fully saturated rings. The highest BCUT2D eigenvalue weighted by Gasteiger charge is 2.17. The van der Waals surface area contributed by atoms with E-state index in [4.69, 9.17) is 0 Å². The number of nitrogens with zero attached hydrogens (tertiary/aromatic N) is 3. The molecule has 1 amide bonds. The highest BCUT2D eigenvalue weighted by molar-refractivity contribution is 7.16. The van der Waals surface area contributed by atoms with Gasteiger partial charge >= 0.3 is 0 Å². The fraction of sp³-hybridized carbons (Fsp3) is 0.267. The van der Waals surface area contributed by atoms with E-state index in [-0.39, 0.29) is 12.5 Å². The van der Waals surface area contributed by atoms with Crippen molar-refractivity contribution in [1.29, 1.82) is 0 Å². The van der Waals surface area contributed by atoms with E-state index in [1.807, 2.05) is 31.2 Å². The minimum absolute atomic E-state index is 0.125. The van der Waals surface area contributed by atoms with Crippen molar-refractivity contribution >= 4 is 27.9 Å². The second-order valence-electron chi connectivity index (χ2n) is 4.87. The number of hydrogen-bond acceptors (Lipinski definition) is 5. The lowest BCUT2D eigenvalue weighted by Crippen LogP contribution is -2.05. The Labute approximate surface area is 131 Å². The van der Waals surface area contributed by atoms with Gasteiger partial charge in [-0.25, -0.2) is 9.50 Å². The van der Waals surface area contributed by atoms with Gasteiger partial charge in [0.15, 0.2) is 0 Å². The van der Waals surface area contributed by atoms with Crippen LogP contribution in [0.15, 0.2) is 24.3 Å². The maximum Gasteiger partial charge on any atom is 0.221 e. The molecule has 0 aliphatic carbocycles. The number of carbonyl (C=O) groups is 1. The number of hydrogen-bond donors (Lipinski definition) is 2. The number of aromatic nitrogens is 3. The van der Waals surface area contributed by atoms with E-state index < -0.39 is 0 Å². The van der Waals surface area contributed by atoms with Gasteiger partial charge < -0.3 is 10.4 Å². The quantitative estimate of drug-likeness (QED) is 0.775. The van der Waals surface area contributed by atoms with E-state index in [1.165, 1.54) is 18.3 Å². The smallest absolute Gasteiger partial charge is 0.221 e. The van der Waals surface area contributed by atoms with Crippen molar-refractivity contribution in [3.8, 4) is 11.3 Å². The van der Waals surface area contributed by atoms with Crippen molar-refractivity contribution in [2.75, 3.05) is 5.32 Å². The van der Waals surface area contributed by atoms with Gasteiger partial charge in [-0.3, -0.25) is 4.79 Å². The second kappa shape index (κ2) is 5.86. The second-order valence-corrected chi connectivity index (χ2v) is 5.91. The molecule has 0 aliphatic heterocycles. The zero-order valence-corrected chi connectivity index (χ0v) is 13.1. The molecule has 0 atom stereocenters. The van der Waals surface area contributed by atoms with Crippen LogP contribution in [0.25, 0.3) is 16.2 Å². The molecule has 0 spiro atoms. The Morgan fingerprint density at radius 1 is 1.45 bits per heavy atom. The van der Waals surface area contributed by atoms with Crippen LogP contribution in [0.3, 0.4) is 0 Å². The number of carbonyl (C=O) groups excluding carboxylic acids is 1. The third kappa shape index (κ3) is 2.60. The molecule has 0 unspecified atom stereocenters. The maximum atomic E-state index is 11.2. The van der Waals surface area contributed by atoms with Crippen molar-refractivity contribution in [2.45, 2.75) is 26.9 Å². The van der Waals surface area contributed by atoms with Gasteiger partial charge in [0.1, 0.15) is 5.01 Å². The number of benzene rings is 1. The SMILES string of the molecule is CCc1nn2c(CO)c(-c3cccc(NC(C)=O)c3)nc2s1. The Kier molecular flexibility index (Phi) is 3.91. The fourth-order valence-corrected chi connectivity index (χ4v) is 3.15. The van der Waals surface area contributed by atoms with Gasteiger partial charge in [-0.2, -0.15) is 5.10 Å². The van der Waals surface area contributed by atoms with Crippen molar-refractivity contribution in [3.05, 3.63) is 35.0 Å². The molecule has 7 heteroatoms. The van der Waals surface area contributed by atoms with E-state index in [0.717, 1.165) is 22.0 Å². The van der Waals surface area contributed by atoms with Gasteiger partial charge in [0, 0.05) is 18.2 Å². The molecular weight excluding hydrogens is 300 g/mol. The van der Waals surface area contributed by atoms with Crippen LogP contribution in [0.4, 0.5) is 5.69 Å². The Balaban J connectivity index is 2.09. The molecule has 0 aliphatic rings. The Hall–Kier alpha value is -2.25. The first-order chi connectivity index (χ1) is 10.6. The average Bonchev–Trinajstić information content (AvgIpc) is 3.03. The van der Waals surface area contributed by atoms with Crippen LogP contribution in [0.2, 0.25) is 0 Å². The summed E-state index contributed by atoms with van der Waals surface area (Å²) in [4.78, 5) is 16.5. The number of aliphatic hydroxyl groups excluding tert-OH is 1. The Morgan fingerprint density at radius 3 is 2.95 bits per heavy atom. The third-order valence-electron chi connectivity index (χ3n) is 3.25. The molecule has 6 nitrogen and oxygen atoms in total. The molecule has 0 bridgehead atoms. The van der Waals surface area contributed by atoms with E-state index >= 15 is 0 Å². The number of aryl methyl sites for hydroxylation is 1. The summed E-state index contributed by atoms with van der Waals surface area (Å²) in [6, 6.07) is 7.40. The Morgan fingerprint density at radius 2 is 2.27 bits per heavy atom. The summed E-state index contributed by atoms with van der Waals surface area (Å²) in [5, 5.41) is 17.9. The van der Waals surface area contributed by atoms with Gasteiger partial charge in [-0.15, -0.1) is 0 Å². The van der Waals surface area contributed by atoms with Crippen LogP contribution < -0.4 is 5.32 Å². The first-order valence-corrected chi connectivity index (χ1v) is 7.80. The predicted molar refractivity (Wildman–Crippen MR) is 85.9 cm³/mol. The average molecular weight is 316 g/mol. The number of rotatable bonds is 4. The third-order valence-corrected chi connectivity index (χ3v) is 4.30. The molecule has 0 saturated carbocycles. The summed E-state index contributed by atoms with van der Waals surface area (Å²) >= 11 is 1.52. The topological polar surface area (TPSA) is 79.5 Å². The van der Waals surface area contributed by atoms with E-state index in [0.29, 0.717) is 17.1 Å². The van der Waals surface area contributed by atoms with Crippen molar-refractivity contribution in [3.63, 3.8) is 0 Å². The molecule has 114 valence electrons. The first-order valence-electron chi connectivity index (χ1n) is 6.98. The summed E-state index contributed by atoms with van der Waals surface area (Å²) in [6.07, 6.45) is 0.840. The molecule has 3 rings (SSSR count). The van der Waals surface area contributed by atoms with Crippen molar-refractivity contribution in [1.82, 2.24) is 14.6 Å². The summed E-state index contributed by atoms with van der Waals surface area (Å²) in [5.74, 6) is -0.125. The number of nitrogens with one attached hydrogen (secondary N) is 1. The van der Waals surface area contributed by atoms with Gasteiger partial charge in [0.25, 0.3) is 0 Å². The van der Waals surface area contributed by atoms with Crippen LogP contribution >= 0.6 is 11.3 Å². The Bertz CT molecular complexity index is 837. The highest BCUT2D eigenvalue weighted by atomic mass is 32.1. The van der Waals surface area contributed by atoms with Crippen LogP contribution in [-0.2, 0) is 17.8 Å². The van der Waals surface area contributed by atoms with Crippen LogP contribution in [-0.4, -0.2) is 25.6 Å². The van der Waals surface area contributed by atoms with Crippen LogP contribution in [0.1, 0.15) is 24.5 Å². The van der Waals surface area contributed by atoms with Crippen LogP contribution in [0.5, 0.6) is 0 Å². The van der Waals surface area contributed by atoms with Crippen LogP contribution in [0, 0.1) is 0 Å². The molecular formula is C15H16N4O2S. The lowest BCUT2D eigenvalue weighted by atomic mass is 10.1. The number of amides is 1. The van der Waals surface area contributed by atoms with E-state index in [1.54, 1.807) is 4.52 Å². The molecule has 2 aromatic heterocycles. The monoisotopic (exact) mass is 316 g/mol. The summed E-state index contributed by atoms with van der Waals surface area (Å²) in [5.41, 5.74) is 2.89. The lowest BCUT2D eigenvalue weighted by Gasteiger charge is -2.05. The van der Waals surface area contributed by atoms with Gasteiger partial charge in [0.2, 0.25) is 10.9 Å². The standard InChI is InChI=1S/C15H16N4O2S/c1-3-13-18-19-12(8-20)14(17-15(19)22-13)10-5-4-6-11(7-10)16-9(2)21/h4-7,20H,3,8H2,1-2H3,(H,16,21). The maximum absolute atomic E-state index is 11.2. The minimum Gasteiger partial charge on any atom is -0.390 e. The zero-order valence-electron chi connectivity index (χ0n) is 12.3. The molecule has 22 heavy (non-hydrogen) atoms. The zero-order chi connectivity index (χ0) is 15.7.